The molecule has 34 heavy (non-hydrogen) atoms. The van der Waals surface area contributed by atoms with Crippen molar-refractivity contribution in [1.82, 2.24) is 0 Å². The Morgan fingerprint density at radius 2 is 1.32 bits per heavy atom. The summed E-state index contributed by atoms with van der Waals surface area (Å²) in [5.41, 5.74) is 0.818. The topological polar surface area (TPSA) is 18.5 Å². The molecular weight excluding hydrogens is 444 g/mol. The maximum atomic E-state index is 15.0. The highest BCUT2D eigenvalue weighted by Crippen LogP contribution is 2.41. The van der Waals surface area contributed by atoms with E-state index in [1.807, 2.05) is 0 Å². The first-order valence-corrected chi connectivity index (χ1v) is 11.9. The van der Waals surface area contributed by atoms with Crippen LogP contribution in [0.25, 0.3) is 0 Å². The van der Waals surface area contributed by atoms with Crippen LogP contribution in [0.15, 0.2) is 60.4 Å². The lowest BCUT2D eigenvalue weighted by Gasteiger charge is -2.30. The maximum Gasteiger partial charge on any atom is 0.200 e. The quantitative estimate of drug-likeness (QED) is 0.212. The summed E-state index contributed by atoms with van der Waals surface area (Å²) in [4.78, 5) is 0. The van der Waals surface area contributed by atoms with Gasteiger partial charge in [-0.3, -0.25) is 0 Å². The fourth-order valence-electron chi connectivity index (χ4n) is 5.12. The Morgan fingerprint density at radius 1 is 0.824 bits per heavy atom. The Hall–Kier alpha value is -2.34. The van der Waals surface area contributed by atoms with Crippen molar-refractivity contribution in [3.8, 4) is 0 Å². The largest absolute Gasteiger partial charge is 0.494 e. The zero-order valence-corrected chi connectivity index (χ0v) is 20.0. The van der Waals surface area contributed by atoms with E-state index in [9.17, 15) is 13.2 Å². The summed E-state index contributed by atoms with van der Waals surface area (Å²) in [5.74, 6) is -3.99. The molecule has 186 valence electrons. The summed E-state index contributed by atoms with van der Waals surface area (Å²) in [6.45, 7) is 6.85. The molecule has 0 atom stereocenters. The van der Waals surface area contributed by atoms with Gasteiger partial charge in [0.1, 0.15) is 5.76 Å². The van der Waals surface area contributed by atoms with E-state index in [0.29, 0.717) is 24.0 Å². The zero-order valence-electron chi connectivity index (χ0n) is 20.0. The van der Waals surface area contributed by atoms with Gasteiger partial charge in [0.25, 0.3) is 0 Å². The molecule has 0 unspecified atom stereocenters. The molecule has 2 fully saturated rings. The van der Waals surface area contributed by atoms with Crippen LogP contribution in [-0.4, -0.2) is 20.3 Å². The summed E-state index contributed by atoms with van der Waals surface area (Å²) in [6, 6.07) is 3.52. The van der Waals surface area contributed by atoms with Crippen LogP contribution < -0.4 is 0 Å². The molecule has 0 aliphatic heterocycles. The number of ether oxygens (including phenoxy) is 2. The number of hydrogen-bond donors (Lipinski definition) is 0. The average molecular weight is 479 g/mol. The van der Waals surface area contributed by atoms with Gasteiger partial charge < -0.3 is 9.47 Å². The molecule has 1 aromatic carbocycles. The SMILES string of the molecule is C=C(/C=C/C1CCC(c2ccc(C3CCC(OC)CC3)c(F)c2F)CC1)/C(F)=C(/F)C(=C)OC. The van der Waals surface area contributed by atoms with E-state index in [2.05, 4.69) is 17.9 Å². The van der Waals surface area contributed by atoms with Crippen molar-refractivity contribution in [1.29, 1.82) is 0 Å². The second kappa shape index (κ2) is 11.9. The fraction of sp³-hybridized carbons (Fsp3) is 0.500. The lowest BCUT2D eigenvalue weighted by molar-refractivity contribution is 0.0655. The Balaban J connectivity index is 1.60. The van der Waals surface area contributed by atoms with Crippen LogP contribution in [0.3, 0.4) is 0 Å². The fourth-order valence-corrected chi connectivity index (χ4v) is 5.12. The third kappa shape index (κ3) is 6.01. The standard InChI is InChI=1S/C28H34F4O2/c1-17(25(29)26(30)18(2)33-3)5-6-19-7-9-20(10-8-19)23-15-16-24(28(32)27(23)31)21-11-13-22(34-4)14-12-21/h5-6,15-16,19-22H,1-2,7-14H2,3-4H3/b6-5+,26-25-. The number of rotatable bonds is 8. The van der Waals surface area contributed by atoms with Crippen molar-refractivity contribution in [2.45, 2.75) is 69.3 Å². The molecule has 0 amide bonds. The molecule has 0 radical (unpaired) electrons. The lowest BCUT2D eigenvalue weighted by atomic mass is 9.77. The Morgan fingerprint density at radius 3 is 1.79 bits per heavy atom. The van der Waals surface area contributed by atoms with E-state index in [4.69, 9.17) is 4.74 Å². The molecule has 2 saturated carbocycles. The first-order valence-electron chi connectivity index (χ1n) is 11.9. The van der Waals surface area contributed by atoms with Crippen LogP contribution >= 0.6 is 0 Å². The van der Waals surface area contributed by atoms with Crippen molar-refractivity contribution in [2.75, 3.05) is 14.2 Å². The van der Waals surface area contributed by atoms with Crippen LogP contribution in [-0.2, 0) is 9.47 Å². The minimum absolute atomic E-state index is 0.0317. The second-order valence-corrected chi connectivity index (χ2v) is 9.33. The number of hydrogen-bond acceptors (Lipinski definition) is 2. The second-order valence-electron chi connectivity index (χ2n) is 9.33. The average Bonchev–Trinajstić information content (AvgIpc) is 2.88. The number of halogens is 4. The van der Waals surface area contributed by atoms with Crippen molar-refractivity contribution < 1.29 is 27.0 Å². The van der Waals surface area contributed by atoms with Gasteiger partial charge in [-0.25, -0.2) is 13.2 Å². The highest BCUT2D eigenvalue weighted by atomic mass is 19.2. The summed E-state index contributed by atoms with van der Waals surface area (Å²) < 4.78 is 67.9. The van der Waals surface area contributed by atoms with E-state index in [-0.39, 0.29) is 29.4 Å². The summed E-state index contributed by atoms with van der Waals surface area (Å²) in [5, 5.41) is 0. The summed E-state index contributed by atoms with van der Waals surface area (Å²) in [7, 11) is 2.90. The lowest BCUT2D eigenvalue weighted by Crippen LogP contribution is -2.20. The van der Waals surface area contributed by atoms with Crippen LogP contribution in [0.1, 0.15) is 74.3 Å². The van der Waals surface area contributed by atoms with Crippen molar-refractivity contribution >= 4 is 0 Å². The van der Waals surface area contributed by atoms with Crippen molar-refractivity contribution in [3.63, 3.8) is 0 Å². The third-order valence-corrected chi connectivity index (χ3v) is 7.34. The van der Waals surface area contributed by atoms with E-state index in [1.165, 1.54) is 13.2 Å². The molecule has 1 aromatic rings. The molecular formula is C28H34F4O2. The van der Waals surface area contributed by atoms with Gasteiger partial charge in [-0.15, -0.1) is 0 Å². The van der Waals surface area contributed by atoms with Gasteiger partial charge in [-0.05, 0) is 80.2 Å². The highest BCUT2D eigenvalue weighted by Gasteiger charge is 2.29. The van der Waals surface area contributed by atoms with Gasteiger partial charge in [0, 0.05) is 12.7 Å². The van der Waals surface area contributed by atoms with Crippen LogP contribution in [0.4, 0.5) is 17.6 Å². The molecule has 3 rings (SSSR count). The molecule has 2 aliphatic rings. The molecule has 0 saturated heterocycles. The van der Waals surface area contributed by atoms with Gasteiger partial charge in [-0.1, -0.05) is 37.4 Å². The summed E-state index contributed by atoms with van der Waals surface area (Å²) >= 11 is 0. The Kier molecular flexibility index (Phi) is 9.17. The van der Waals surface area contributed by atoms with E-state index in [1.54, 1.807) is 25.3 Å². The van der Waals surface area contributed by atoms with E-state index >= 15 is 4.39 Å². The molecule has 0 aromatic heterocycles. The molecule has 2 aliphatic carbocycles. The zero-order chi connectivity index (χ0) is 24.8. The van der Waals surface area contributed by atoms with Crippen molar-refractivity contribution in [3.05, 3.63) is 83.2 Å². The van der Waals surface area contributed by atoms with Crippen LogP contribution in [0.2, 0.25) is 0 Å². The van der Waals surface area contributed by atoms with Gasteiger partial charge in [0.15, 0.2) is 17.5 Å². The van der Waals surface area contributed by atoms with Crippen molar-refractivity contribution in [2.24, 2.45) is 5.92 Å². The number of benzene rings is 1. The molecule has 0 heterocycles. The predicted octanol–water partition coefficient (Wildman–Crippen LogP) is 8.33. The number of allylic oxidation sites excluding steroid dienone is 5. The Labute approximate surface area is 200 Å². The van der Waals surface area contributed by atoms with Gasteiger partial charge in [0.2, 0.25) is 5.83 Å². The Bertz CT molecular complexity index is 949. The minimum Gasteiger partial charge on any atom is -0.494 e. The first kappa shape index (κ1) is 26.3. The van der Waals surface area contributed by atoms with Crippen LogP contribution in [0, 0.1) is 17.6 Å². The van der Waals surface area contributed by atoms with E-state index < -0.39 is 29.0 Å². The monoisotopic (exact) mass is 478 g/mol. The maximum absolute atomic E-state index is 15.0. The first-order chi connectivity index (χ1) is 16.3. The smallest absolute Gasteiger partial charge is 0.200 e. The molecule has 0 N–H and O–H groups in total. The minimum atomic E-state index is -1.17. The summed E-state index contributed by atoms with van der Waals surface area (Å²) in [6.07, 6.45) is 9.68. The van der Waals surface area contributed by atoms with E-state index in [0.717, 1.165) is 38.5 Å². The number of methoxy groups -OCH3 is 2. The highest BCUT2D eigenvalue weighted by molar-refractivity contribution is 5.39. The predicted molar refractivity (Wildman–Crippen MR) is 127 cm³/mol. The molecule has 6 heteroatoms. The van der Waals surface area contributed by atoms with Crippen LogP contribution in [0.5, 0.6) is 0 Å². The van der Waals surface area contributed by atoms with Gasteiger partial charge in [0.05, 0.1) is 13.2 Å². The van der Waals surface area contributed by atoms with Gasteiger partial charge >= 0.3 is 0 Å². The molecule has 0 spiro atoms. The van der Waals surface area contributed by atoms with Gasteiger partial charge in [-0.2, -0.15) is 4.39 Å². The third-order valence-electron chi connectivity index (χ3n) is 7.34. The molecule has 0 bridgehead atoms. The molecule has 2 nitrogen and oxygen atoms in total. The normalized spacial score (nSPS) is 26.3.